The number of aryl methyl sites for hydroxylation is 1. The zero-order valence-corrected chi connectivity index (χ0v) is 22.1. The van der Waals surface area contributed by atoms with Gasteiger partial charge in [0, 0.05) is 29.8 Å². The standard InChI is InChI=1S/C32H37N5O/c33-31(38)29-16-11-15-28(25-17-19-34-20-18-25)30(29)32-35-26(24-37(32)27-13-6-3-7-14-27)12-5-1-2-8-21-36-22-9-4-10-23-36/h3,6-7,11,13-20,24H,1-2,4-5,8-10,12,21-23H2,(H2,33,38). The Labute approximate surface area is 225 Å². The molecule has 4 aromatic rings. The summed E-state index contributed by atoms with van der Waals surface area (Å²) >= 11 is 0. The number of amides is 1. The van der Waals surface area contributed by atoms with Crippen molar-refractivity contribution in [2.45, 2.75) is 51.4 Å². The summed E-state index contributed by atoms with van der Waals surface area (Å²) in [5.41, 5.74) is 11.0. The van der Waals surface area contributed by atoms with Gasteiger partial charge < -0.3 is 10.6 Å². The molecule has 0 saturated carbocycles. The number of likely N-dealkylation sites (tertiary alicyclic amines) is 1. The van der Waals surface area contributed by atoms with Gasteiger partial charge in [0.05, 0.1) is 11.3 Å². The van der Waals surface area contributed by atoms with Crippen molar-refractivity contribution in [2.24, 2.45) is 5.73 Å². The summed E-state index contributed by atoms with van der Waals surface area (Å²) < 4.78 is 2.10. The van der Waals surface area contributed by atoms with Crippen molar-refractivity contribution in [3.05, 3.63) is 90.5 Å². The van der Waals surface area contributed by atoms with Crippen molar-refractivity contribution >= 4 is 5.91 Å². The first-order chi connectivity index (χ1) is 18.7. The molecule has 0 unspecified atom stereocenters. The molecule has 1 saturated heterocycles. The number of imidazole rings is 1. The van der Waals surface area contributed by atoms with Crippen molar-refractivity contribution in [1.29, 1.82) is 0 Å². The van der Waals surface area contributed by atoms with E-state index in [1.54, 1.807) is 18.5 Å². The molecule has 0 radical (unpaired) electrons. The number of carbonyl (C=O) groups excluding carboxylic acids is 1. The molecule has 5 rings (SSSR count). The van der Waals surface area contributed by atoms with Crippen LogP contribution in [-0.4, -0.2) is 45.0 Å². The molecular weight excluding hydrogens is 470 g/mol. The third-order valence-electron chi connectivity index (χ3n) is 7.44. The van der Waals surface area contributed by atoms with E-state index in [1.165, 1.54) is 58.2 Å². The molecule has 1 amide bonds. The number of pyridine rings is 1. The summed E-state index contributed by atoms with van der Waals surface area (Å²) in [6, 6.07) is 19.7. The summed E-state index contributed by atoms with van der Waals surface area (Å²) in [5, 5.41) is 0. The second kappa shape index (κ2) is 12.7. The van der Waals surface area contributed by atoms with Gasteiger partial charge in [-0.25, -0.2) is 4.98 Å². The van der Waals surface area contributed by atoms with E-state index < -0.39 is 5.91 Å². The van der Waals surface area contributed by atoms with Crippen LogP contribution in [0.3, 0.4) is 0 Å². The first-order valence-electron chi connectivity index (χ1n) is 13.9. The predicted octanol–water partition coefficient (Wildman–Crippen LogP) is 6.29. The number of hydrogen-bond acceptors (Lipinski definition) is 4. The lowest BCUT2D eigenvalue weighted by Crippen LogP contribution is -2.30. The summed E-state index contributed by atoms with van der Waals surface area (Å²) in [7, 11) is 0. The number of hydrogen-bond donors (Lipinski definition) is 1. The lowest BCUT2D eigenvalue weighted by atomic mass is 9.95. The maximum atomic E-state index is 12.6. The molecule has 3 heterocycles. The highest BCUT2D eigenvalue weighted by Gasteiger charge is 2.22. The first-order valence-corrected chi connectivity index (χ1v) is 13.9. The molecule has 0 spiro atoms. The summed E-state index contributed by atoms with van der Waals surface area (Å²) in [5.74, 6) is 0.270. The topological polar surface area (TPSA) is 77.0 Å². The molecule has 0 bridgehead atoms. The van der Waals surface area contributed by atoms with Crippen LogP contribution < -0.4 is 5.73 Å². The van der Waals surface area contributed by atoms with Gasteiger partial charge in [-0.05, 0) is 93.2 Å². The first kappa shape index (κ1) is 25.9. The number of nitrogens with zero attached hydrogens (tertiary/aromatic N) is 4. The van der Waals surface area contributed by atoms with Gasteiger partial charge >= 0.3 is 0 Å². The summed E-state index contributed by atoms with van der Waals surface area (Å²) in [6.45, 7) is 3.77. The van der Waals surface area contributed by atoms with Crippen LogP contribution in [0.5, 0.6) is 0 Å². The summed E-state index contributed by atoms with van der Waals surface area (Å²) in [6.07, 6.45) is 15.5. The third kappa shape index (κ3) is 6.20. The van der Waals surface area contributed by atoms with E-state index in [9.17, 15) is 4.79 Å². The van der Waals surface area contributed by atoms with Crippen LogP contribution in [0.4, 0.5) is 0 Å². The van der Waals surface area contributed by atoms with E-state index in [0.717, 1.165) is 46.7 Å². The quantitative estimate of drug-likeness (QED) is 0.242. The van der Waals surface area contributed by atoms with Gasteiger partial charge in [-0.2, -0.15) is 0 Å². The van der Waals surface area contributed by atoms with Crippen LogP contribution in [0, 0.1) is 0 Å². The Balaban J connectivity index is 1.40. The van der Waals surface area contributed by atoms with Crippen LogP contribution in [0.2, 0.25) is 0 Å². The third-order valence-corrected chi connectivity index (χ3v) is 7.44. The Morgan fingerprint density at radius 1 is 0.842 bits per heavy atom. The van der Waals surface area contributed by atoms with E-state index in [4.69, 9.17) is 10.7 Å². The molecule has 2 aromatic carbocycles. The highest BCUT2D eigenvalue weighted by atomic mass is 16.1. The van der Waals surface area contributed by atoms with Crippen molar-refractivity contribution in [3.63, 3.8) is 0 Å². The number of para-hydroxylation sites is 1. The Morgan fingerprint density at radius 2 is 1.61 bits per heavy atom. The Kier molecular flexibility index (Phi) is 8.61. The number of carbonyl (C=O) groups is 1. The van der Waals surface area contributed by atoms with E-state index in [-0.39, 0.29) is 0 Å². The molecule has 1 fully saturated rings. The van der Waals surface area contributed by atoms with Gasteiger partial charge in [0.25, 0.3) is 0 Å². The van der Waals surface area contributed by atoms with E-state index in [2.05, 4.69) is 32.8 Å². The van der Waals surface area contributed by atoms with Gasteiger partial charge in [-0.3, -0.25) is 14.3 Å². The molecule has 1 aliphatic rings. The monoisotopic (exact) mass is 507 g/mol. The molecule has 0 atom stereocenters. The van der Waals surface area contributed by atoms with Crippen LogP contribution in [-0.2, 0) is 6.42 Å². The minimum atomic E-state index is -0.464. The highest BCUT2D eigenvalue weighted by Crippen LogP contribution is 2.36. The molecule has 6 heteroatoms. The molecule has 1 aliphatic heterocycles. The average molecular weight is 508 g/mol. The largest absolute Gasteiger partial charge is 0.366 e. The fourth-order valence-corrected chi connectivity index (χ4v) is 5.46. The molecule has 2 aromatic heterocycles. The SMILES string of the molecule is NC(=O)c1cccc(-c2ccncc2)c1-c1nc(CCCCCCN2CCCCC2)cn1-c1ccccc1. The van der Waals surface area contributed by atoms with E-state index in [0.29, 0.717) is 5.56 Å². The van der Waals surface area contributed by atoms with Crippen molar-refractivity contribution < 1.29 is 4.79 Å². The van der Waals surface area contributed by atoms with Gasteiger partial charge in [-0.15, -0.1) is 0 Å². The number of nitrogens with two attached hydrogens (primary N) is 1. The van der Waals surface area contributed by atoms with Crippen LogP contribution in [0.15, 0.2) is 79.3 Å². The summed E-state index contributed by atoms with van der Waals surface area (Å²) in [4.78, 5) is 24.5. The predicted molar refractivity (Wildman–Crippen MR) is 153 cm³/mol. The fourth-order valence-electron chi connectivity index (χ4n) is 5.46. The zero-order valence-electron chi connectivity index (χ0n) is 22.1. The van der Waals surface area contributed by atoms with Crippen LogP contribution in [0.25, 0.3) is 28.2 Å². The second-order valence-electron chi connectivity index (χ2n) is 10.2. The maximum absolute atomic E-state index is 12.6. The normalized spacial score (nSPS) is 14.0. The number of unbranched alkanes of at least 4 members (excludes halogenated alkanes) is 3. The molecule has 0 aliphatic carbocycles. The molecule has 6 nitrogen and oxygen atoms in total. The van der Waals surface area contributed by atoms with Gasteiger partial charge in [0.2, 0.25) is 5.91 Å². The lowest BCUT2D eigenvalue weighted by Gasteiger charge is -2.26. The van der Waals surface area contributed by atoms with Crippen molar-refractivity contribution in [2.75, 3.05) is 19.6 Å². The lowest BCUT2D eigenvalue weighted by molar-refractivity contribution is 0.100. The number of piperidine rings is 1. The van der Waals surface area contributed by atoms with Crippen LogP contribution >= 0.6 is 0 Å². The zero-order chi connectivity index (χ0) is 26.2. The Hall–Kier alpha value is -3.77. The maximum Gasteiger partial charge on any atom is 0.249 e. The number of benzene rings is 2. The smallest absolute Gasteiger partial charge is 0.249 e. The number of rotatable bonds is 11. The highest BCUT2D eigenvalue weighted by molar-refractivity contribution is 6.03. The Bertz CT molecular complexity index is 1330. The van der Waals surface area contributed by atoms with Crippen molar-refractivity contribution in [1.82, 2.24) is 19.4 Å². The average Bonchev–Trinajstić information content (AvgIpc) is 3.40. The minimum absolute atomic E-state index is 0.464. The van der Waals surface area contributed by atoms with Gasteiger partial charge in [-0.1, -0.05) is 49.6 Å². The Morgan fingerprint density at radius 3 is 2.37 bits per heavy atom. The van der Waals surface area contributed by atoms with E-state index in [1.807, 2.05) is 42.5 Å². The molecular formula is C32H37N5O. The minimum Gasteiger partial charge on any atom is -0.366 e. The van der Waals surface area contributed by atoms with Gasteiger partial charge in [0.1, 0.15) is 5.82 Å². The van der Waals surface area contributed by atoms with Crippen molar-refractivity contribution in [3.8, 4) is 28.2 Å². The number of aromatic nitrogens is 3. The van der Waals surface area contributed by atoms with Crippen LogP contribution in [0.1, 0.15) is 61.0 Å². The second-order valence-corrected chi connectivity index (χ2v) is 10.2. The van der Waals surface area contributed by atoms with Gasteiger partial charge in [0.15, 0.2) is 0 Å². The molecule has 38 heavy (non-hydrogen) atoms. The fraction of sp³-hybridized carbons (Fsp3) is 0.344. The molecule has 196 valence electrons. The van der Waals surface area contributed by atoms with E-state index >= 15 is 0 Å². The molecule has 2 N–H and O–H groups in total. The number of primary amides is 1.